The number of alkyl halides is 8. The number of hydrogen-bond acceptors (Lipinski definition) is 10. The summed E-state index contributed by atoms with van der Waals surface area (Å²) in [5, 5.41) is 41.7. The van der Waals surface area contributed by atoms with E-state index in [1.165, 1.54) is 48.5 Å². The van der Waals surface area contributed by atoms with E-state index < -0.39 is 30.4 Å². The SMILES string of the molecule is ClC(Cl)(Cl)Cl.ClC(Cl)(Cl)Cl.O=C([O-])c1ccccc1Cl.O=C([O-])c1ccccc1Cl.O=C([O-])c1ccccc1Cl.O=C([O-])c1ccccc1Cl.[Cu+2].[Cu+2].c1ccncc1.c1ccncc1. The van der Waals surface area contributed by atoms with E-state index in [9.17, 15) is 39.6 Å². The standard InChI is InChI=1S/4C7H5ClO2.2C5H5N.2CCl4.2Cu/c4*8-6-4-2-1-3-5(6)7(9)10;2*1-2-4-6-5-3-1;2*2-1(3,4)5;;/h4*1-4H,(H,9,10);2*1-5H;;;;/q;;;;;;;;2*+2/p-4. The number of halogens is 12. The minimum atomic E-state index is -1.61. The first kappa shape index (κ1) is 68.2. The molecule has 0 N–H and O–H groups in total. The first-order chi connectivity index (χ1) is 28.9. The number of carbonyl (C=O) groups excluding carboxylic acids is 4. The average molecular weight is 1220 g/mol. The van der Waals surface area contributed by atoms with Crippen LogP contribution in [0.2, 0.25) is 20.1 Å². The Bertz CT molecular complexity index is 1860. The van der Waals surface area contributed by atoms with E-state index in [4.69, 9.17) is 139 Å². The molecule has 2 aromatic heterocycles. The molecule has 24 heteroatoms. The number of aromatic nitrogens is 2. The Morgan fingerprint density at radius 1 is 0.328 bits per heavy atom. The molecule has 64 heavy (non-hydrogen) atoms. The number of nitrogens with zero attached hydrogens (tertiary/aromatic N) is 2. The van der Waals surface area contributed by atoms with Gasteiger partial charge in [0.2, 0.25) is 0 Å². The maximum Gasteiger partial charge on any atom is 2.00 e. The van der Waals surface area contributed by atoms with Crippen LogP contribution in [0.25, 0.3) is 0 Å². The van der Waals surface area contributed by atoms with E-state index in [-0.39, 0.29) is 76.5 Å². The number of carboxylic acids is 4. The maximum absolute atomic E-state index is 10.2. The van der Waals surface area contributed by atoms with Crippen LogP contribution in [0.3, 0.4) is 0 Å². The van der Waals surface area contributed by atoms with Gasteiger partial charge in [0.05, 0.1) is 23.9 Å². The van der Waals surface area contributed by atoms with Crippen LogP contribution in [0, 0.1) is 0 Å². The molecular formula is C40H26Cl12Cu2N2O8. The van der Waals surface area contributed by atoms with Gasteiger partial charge in [0.25, 0.3) is 6.50 Å². The molecular weight excluding hydrogens is 1190 g/mol. The van der Waals surface area contributed by atoms with Crippen LogP contribution < -0.4 is 20.4 Å². The van der Waals surface area contributed by atoms with Crippen LogP contribution in [0.15, 0.2) is 158 Å². The van der Waals surface area contributed by atoms with E-state index in [1.807, 2.05) is 36.4 Å². The van der Waals surface area contributed by atoms with Crippen LogP contribution in [0.1, 0.15) is 41.4 Å². The Morgan fingerprint density at radius 3 is 0.562 bits per heavy atom. The molecule has 0 saturated heterocycles. The predicted molar refractivity (Wildman–Crippen MR) is 244 cm³/mol. The van der Waals surface area contributed by atoms with Gasteiger partial charge in [-0.2, -0.15) is 0 Å². The topological polar surface area (TPSA) is 186 Å². The van der Waals surface area contributed by atoms with Gasteiger partial charge in [0.15, 0.2) is 0 Å². The van der Waals surface area contributed by atoms with Crippen molar-refractivity contribution in [3.8, 4) is 0 Å². The third-order valence-corrected chi connectivity index (χ3v) is 6.83. The fourth-order valence-corrected chi connectivity index (χ4v) is 3.98. The molecule has 0 aliphatic rings. The fraction of sp³-hybridized carbons (Fsp3) is 0.0500. The quantitative estimate of drug-likeness (QED) is 0.121. The Hall–Kier alpha value is -2.42. The van der Waals surface area contributed by atoms with Crippen LogP contribution >= 0.6 is 139 Å². The number of pyridine rings is 2. The fourth-order valence-electron chi connectivity index (χ4n) is 3.13. The van der Waals surface area contributed by atoms with E-state index in [0.717, 1.165) is 0 Å². The third kappa shape index (κ3) is 42.2. The van der Waals surface area contributed by atoms with Gasteiger partial charge in [-0.05, 0) is 48.5 Å². The smallest absolute Gasteiger partial charge is 0.545 e. The van der Waals surface area contributed by atoms with Crippen molar-refractivity contribution < 1.29 is 73.7 Å². The molecule has 350 valence electrons. The predicted octanol–water partition coefficient (Wildman–Crippen LogP) is 10.1. The van der Waals surface area contributed by atoms with Crippen LogP contribution in [0.5, 0.6) is 0 Å². The molecule has 0 spiro atoms. The van der Waals surface area contributed by atoms with E-state index in [1.54, 1.807) is 73.3 Å². The van der Waals surface area contributed by atoms with Crippen LogP contribution in [0.4, 0.5) is 0 Å². The van der Waals surface area contributed by atoms with E-state index in [0.29, 0.717) is 0 Å². The first-order valence-electron chi connectivity index (χ1n) is 15.9. The number of hydrogen-bond donors (Lipinski definition) is 0. The van der Waals surface area contributed by atoms with Gasteiger partial charge in [0, 0.05) is 67.1 Å². The van der Waals surface area contributed by atoms with Gasteiger partial charge in [0.1, 0.15) is 0 Å². The van der Waals surface area contributed by atoms with Gasteiger partial charge in [-0.15, -0.1) is 0 Å². The summed E-state index contributed by atoms with van der Waals surface area (Å²) >= 11 is 60.6. The van der Waals surface area contributed by atoms with Gasteiger partial charge < -0.3 is 39.6 Å². The molecule has 0 atom stereocenters. The Kier molecular flexibility index (Phi) is 42.3. The molecule has 0 saturated carbocycles. The van der Waals surface area contributed by atoms with Crippen molar-refractivity contribution in [3.63, 3.8) is 0 Å². The second-order valence-electron chi connectivity index (χ2n) is 9.98. The molecule has 2 radical (unpaired) electrons. The molecule has 0 amide bonds. The van der Waals surface area contributed by atoms with Crippen molar-refractivity contribution in [2.24, 2.45) is 0 Å². The summed E-state index contributed by atoms with van der Waals surface area (Å²) < 4.78 is -3.22. The zero-order valence-corrected chi connectivity index (χ0v) is 42.3. The molecule has 0 unspecified atom stereocenters. The molecule has 0 aliphatic carbocycles. The summed E-state index contributed by atoms with van der Waals surface area (Å²) in [5.74, 6) is -4.98. The van der Waals surface area contributed by atoms with Crippen molar-refractivity contribution in [2.45, 2.75) is 6.50 Å². The monoisotopic (exact) mass is 1210 g/mol. The van der Waals surface area contributed by atoms with Crippen LogP contribution in [-0.2, 0) is 34.1 Å². The third-order valence-electron chi connectivity index (χ3n) is 5.51. The molecule has 0 aliphatic heterocycles. The molecule has 4 aromatic carbocycles. The Labute approximate surface area is 449 Å². The second kappa shape index (κ2) is 39.7. The van der Waals surface area contributed by atoms with E-state index in [2.05, 4.69) is 9.97 Å². The van der Waals surface area contributed by atoms with Crippen molar-refractivity contribution in [1.82, 2.24) is 9.97 Å². The van der Waals surface area contributed by atoms with E-state index >= 15 is 0 Å². The molecule has 6 rings (SSSR count). The second-order valence-corrected chi connectivity index (χ2v) is 18.5. The van der Waals surface area contributed by atoms with Gasteiger partial charge >= 0.3 is 34.1 Å². The number of benzene rings is 4. The largest absolute Gasteiger partial charge is 2.00 e. The molecule has 0 fully saturated rings. The Morgan fingerprint density at radius 2 is 0.484 bits per heavy atom. The normalized spacial score (nSPS) is 9.19. The first-order valence-corrected chi connectivity index (χ1v) is 20.4. The summed E-state index contributed by atoms with van der Waals surface area (Å²) in [6.45, 7) is 0. The molecule has 2 heterocycles. The minimum absolute atomic E-state index is 0. The summed E-state index contributed by atoms with van der Waals surface area (Å²) in [6, 6.07) is 36.1. The number of carbonyl (C=O) groups is 4. The zero-order chi connectivity index (χ0) is 47.7. The molecule has 10 nitrogen and oxygen atoms in total. The average Bonchev–Trinajstić information content (AvgIpc) is 3.19. The Balaban J connectivity index is -0.000000325. The molecule has 0 bridgehead atoms. The van der Waals surface area contributed by atoms with Crippen molar-refractivity contribution >= 4 is 163 Å². The van der Waals surface area contributed by atoms with Gasteiger partial charge in [-0.25, -0.2) is 0 Å². The number of aromatic carboxylic acids is 4. The van der Waals surface area contributed by atoms with Crippen molar-refractivity contribution in [1.29, 1.82) is 0 Å². The maximum atomic E-state index is 10.2. The summed E-state index contributed by atoms with van der Waals surface area (Å²) in [4.78, 5) is 48.5. The minimum Gasteiger partial charge on any atom is -0.545 e. The number of rotatable bonds is 4. The van der Waals surface area contributed by atoms with Gasteiger partial charge in [-0.3, -0.25) is 9.97 Å². The van der Waals surface area contributed by atoms with Crippen molar-refractivity contribution in [2.75, 3.05) is 0 Å². The molecule has 6 aromatic rings. The summed E-state index contributed by atoms with van der Waals surface area (Å²) in [5.41, 5.74) is 0.127. The summed E-state index contributed by atoms with van der Waals surface area (Å²) in [7, 11) is 0. The van der Waals surface area contributed by atoms with Crippen LogP contribution in [-0.4, -0.2) is 40.3 Å². The van der Waals surface area contributed by atoms with Crippen molar-refractivity contribution in [3.05, 3.63) is 201 Å². The summed E-state index contributed by atoms with van der Waals surface area (Å²) in [6.07, 6.45) is 7.00. The number of carboxylic acid groups (broad SMARTS) is 4. The van der Waals surface area contributed by atoms with Gasteiger partial charge in [-0.1, -0.05) is 224 Å². The zero-order valence-electron chi connectivity index (χ0n) is 31.3.